The molecular weight excluding hydrogens is 342 g/mol. The van der Waals surface area contributed by atoms with Crippen LogP contribution in [0.4, 0.5) is 5.69 Å². The number of rotatable bonds is 2. The third-order valence-electron chi connectivity index (χ3n) is 3.57. The minimum Gasteiger partial charge on any atom is -0.324 e. The van der Waals surface area contributed by atoms with E-state index in [1.54, 1.807) is 17.8 Å². The highest BCUT2D eigenvalue weighted by molar-refractivity contribution is 8.14. The second kappa shape index (κ2) is 7.70. The zero-order valence-electron chi connectivity index (χ0n) is 13.2. The summed E-state index contributed by atoms with van der Waals surface area (Å²) in [5.41, 5.74) is 5.72. The maximum absolute atomic E-state index is 6.14. The number of anilines is 1. The van der Waals surface area contributed by atoms with Gasteiger partial charge in [-0.25, -0.2) is 5.84 Å². The van der Waals surface area contributed by atoms with Crippen LogP contribution < -0.4 is 16.6 Å². The van der Waals surface area contributed by atoms with Crippen molar-refractivity contribution in [1.82, 2.24) is 5.43 Å². The standard InChI is InChI=1S/C17H18ClN5S/c1-11-6-8-12(9-7-11)15-10-24-17(21-15)22-16(23-19)20-14-5-3-2-4-13(14)18/h2-9,15H,10,19H2,1H3,(H2,20,21,22,23). The Kier molecular flexibility index (Phi) is 5.40. The van der Waals surface area contributed by atoms with E-state index in [4.69, 9.17) is 17.4 Å². The predicted octanol–water partition coefficient (Wildman–Crippen LogP) is 3.72. The van der Waals surface area contributed by atoms with Crippen molar-refractivity contribution in [2.45, 2.75) is 13.0 Å². The number of nitrogens with two attached hydrogens (primary N) is 1. The average molecular weight is 360 g/mol. The molecule has 7 heteroatoms. The fourth-order valence-electron chi connectivity index (χ4n) is 2.26. The average Bonchev–Trinajstić information content (AvgIpc) is 3.05. The number of aryl methyl sites for hydroxylation is 1. The number of hydrogen-bond donors (Lipinski definition) is 3. The van der Waals surface area contributed by atoms with Crippen molar-refractivity contribution in [2.24, 2.45) is 15.8 Å². The van der Waals surface area contributed by atoms with E-state index in [1.807, 2.05) is 18.2 Å². The van der Waals surface area contributed by atoms with Crippen LogP contribution in [0.5, 0.6) is 0 Å². The monoisotopic (exact) mass is 359 g/mol. The molecule has 0 aromatic heterocycles. The third kappa shape index (κ3) is 4.08. The number of benzene rings is 2. The molecule has 1 aliphatic rings. The summed E-state index contributed by atoms with van der Waals surface area (Å²) in [5.74, 6) is 6.83. The Morgan fingerprint density at radius 3 is 2.71 bits per heavy atom. The highest BCUT2D eigenvalue weighted by Crippen LogP contribution is 2.31. The first kappa shape index (κ1) is 16.8. The number of nitrogens with one attached hydrogen (secondary N) is 2. The van der Waals surface area contributed by atoms with Gasteiger partial charge in [-0.1, -0.05) is 65.3 Å². The van der Waals surface area contributed by atoms with Gasteiger partial charge < -0.3 is 5.32 Å². The number of hydrazine groups is 1. The zero-order chi connectivity index (χ0) is 16.9. The topological polar surface area (TPSA) is 74.8 Å². The summed E-state index contributed by atoms with van der Waals surface area (Å²) in [6.07, 6.45) is 0. The number of aliphatic imine (C=N–C) groups is 2. The van der Waals surface area contributed by atoms with E-state index in [1.165, 1.54) is 11.1 Å². The van der Waals surface area contributed by atoms with E-state index in [0.717, 1.165) is 11.4 Å². The smallest absolute Gasteiger partial charge is 0.217 e. The van der Waals surface area contributed by atoms with Crippen LogP contribution in [0.1, 0.15) is 17.2 Å². The molecule has 5 nitrogen and oxygen atoms in total. The van der Waals surface area contributed by atoms with Gasteiger partial charge in [0.25, 0.3) is 0 Å². The molecule has 4 N–H and O–H groups in total. The van der Waals surface area contributed by atoms with Crippen molar-refractivity contribution in [3.8, 4) is 0 Å². The van der Waals surface area contributed by atoms with Gasteiger partial charge in [0.1, 0.15) is 0 Å². The molecule has 2 aromatic rings. The highest BCUT2D eigenvalue weighted by atomic mass is 35.5. The lowest BCUT2D eigenvalue weighted by Crippen LogP contribution is -2.36. The lowest BCUT2D eigenvalue weighted by Gasteiger charge is -2.09. The molecule has 0 radical (unpaired) electrons. The number of nitrogens with zero attached hydrogens (tertiary/aromatic N) is 2. The van der Waals surface area contributed by atoms with E-state index >= 15 is 0 Å². The fourth-order valence-corrected chi connectivity index (χ4v) is 3.38. The Morgan fingerprint density at radius 1 is 1.25 bits per heavy atom. The first-order chi connectivity index (χ1) is 11.7. The highest BCUT2D eigenvalue weighted by Gasteiger charge is 2.20. The molecule has 0 saturated heterocycles. The molecule has 124 valence electrons. The minimum atomic E-state index is 0.119. The summed E-state index contributed by atoms with van der Waals surface area (Å²) in [4.78, 5) is 9.11. The molecule has 0 amide bonds. The van der Waals surface area contributed by atoms with Crippen molar-refractivity contribution in [2.75, 3.05) is 11.1 Å². The Morgan fingerprint density at radius 2 is 2.00 bits per heavy atom. The lowest BCUT2D eigenvalue weighted by atomic mass is 10.1. The summed E-state index contributed by atoms with van der Waals surface area (Å²) in [6.45, 7) is 2.08. The molecule has 3 rings (SSSR count). The molecule has 24 heavy (non-hydrogen) atoms. The van der Waals surface area contributed by atoms with E-state index in [0.29, 0.717) is 16.1 Å². The molecule has 2 aromatic carbocycles. The summed E-state index contributed by atoms with van der Waals surface area (Å²) >= 11 is 7.74. The molecule has 1 atom stereocenters. The first-order valence-corrected chi connectivity index (χ1v) is 8.86. The second-order valence-electron chi connectivity index (χ2n) is 5.36. The Hall–Kier alpha value is -2.02. The van der Waals surface area contributed by atoms with Crippen LogP contribution in [-0.2, 0) is 0 Å². The largest absolute Gasteiger partial charge is 0.324 e. The molecule has 1 unspecified atom stereocenters. The zero-order valence-corrected chi connectivity index (χ0v) is 14.7. The van der Waals surface area contributed by atoms with Crippen LogP contribution in [0, 0.1) is 6.92 Å². The van der Waals surface area contributed by atoms with Gasteiger partial charge in [-0.15, -0.1) is 0 Å². The van der Waals surface area contributed by atoms with Gasteiger partial charge in [0.2, 0.25) is 5.96 Å². The Balaban J connectivity index is 1.75. The van der Waals surface area contributed by atoms with Gasteiger partial charge in [-0.05, 0) is 24.6 Å². The molecule has 0 bridgehead atoms. The normalized spacial score (nSPS) is 17.5. The number of para-hydroxylation sites is 1. The van der Waals surface area contributed by atoms with Gasteiger partial charge in [0.05, 0.1) is 16.8 Å². The van der Waals surface area contributed by atoms with Gasteiger partial charge in [0, 0.05) is 5.75 Å². The minimum absolute atomic E-state index is 0.119. The summed E-state index contributed by atoms with van der Waals surface area (Å²) < 4.78 is 0. The maximum Gasteiger partial charge on any atom is 0.217 e. The van der Waals surface area contributed by atoms with Crippen LogP contribution in [0.25, 0.3) is 0 Å². The number of guanidine groups is 1. The van der Waals surface area contributed by atoms with Gasteiger partial charge in [0.15, 0.2) is 5.17 Å². The molecule has 0 saturated carbocycles. The number of hydrogen-bond acceptors (Lipinski definition) is 4. The second-order valence-corrected chi connectivity index (χ2v) is 6.75. The summed E-state index contributed by atoms with van der Waals surface area (Å²) in [7, 11) is 0. The Bertz CT molecular complexity index is 773. The molecule has 1 heterocycles. The van der Waals surface area contributed by atoms with Crippen LogP contribution in [0.15, 0.2) is 58.5 Å². The van der Waals surface area contributed by atoms with Crippen molar-refractivity contribution < 1.29 is 0 Å². The van der Waals surface area contributed by atoms with E-state index < -0.39 is 0 Å². The van der Waals surface area contributed by atoms with Gasteiger partial charge in [-0.3, -0.25) is 10.4 Å². The van der Waals surface area contributed by atoms with Gasteiger partial charge in [-0.2, -0.15) is 4.99 Å². The fraction of sp³-hybridized carbons (Fsp3) is 0.176. The lowest BCUT2D eigenvalue weighted by molar-refractivity contribution is 0.847. The van der Waals surface area contributed by atoms with Crippen molar-refractivity contribution in [3.63, 3.8) is 0 Å². The molecule has 0 fully saturated rings. The van der Waals surface area contributed by atoms with Crippen LogP contribution in [0.2, 0.25) is 5.02 Å². The SMILES string of the molecule is Cc1ccc(C2CSC(/N=C(\NN)Nc3ccccc3Cl)=N2)cc1. The molecular formula is C17H18ClN5S. The van der Waals surface area contributed by atoms with Crippen LogP contribution in [-0.4, -0.2) is 16.9 Å². The molecule has 1 aliphatic heterocycles. The van der Waals surface area contributed by atoms with Crippen LogP contribution >= 0.6 is 23.4 Å². The quantitative estimate of drug-likeness (QED) is 0.330. The van der Waals surface area contributed by atoms with E-state index in [2.05, 4.69) is 51.9 Å². The molecule has 0 aliphatic carbocycles. The predicted molar refractivity (Wildman–Crippen MR) is 104 cm³/mol. The first-order valence-electron chi connectivity index (χ1n) is 7.50. The maximum atomic E-state index is 6.14. The third-order valence-corrected chi connectivity index (χ3v) is 4.84. The van der Waals surface area contributed by atoms with Crippen molar-refractivity contribution in [1.29, 1.82) is 0 Å². The summed E-state index contributed by atoms with van der Waals surface area (Å²) in [6, 6.07) is 15.9. The summed E-state index contributed by atoms with van der Waals surface area (Å²) in [5, 5.41) is 4.36. The van der Waals surface area contributed by atoms with E-state index in [-0.39, 0.29) is 6.04 Å². The van der Waals surface area contributed by atoms with Crippen molar-refractivity contribution in [3.05, 3.63) is 64.7 Å². The molecule has 0 spiro atoms. The van der Waals surface area contributed by atoms with E-state index in [9.17, 15) is 0 Å². The number of amidine groups is 1. The van der Waals surface area contributed by atoms with Gasteiger partial charge >= 0.3 is 0 Å². The van der Waals surface area contributed by atoms with Crippen LogP contribution in [0.3, 0.4) is 0 Å². The Labute approximate surface area is 150 Å². The van der Waals surface area contributed by atoms with Crippen molar-refractivity contribution >= 4 is 40.2 Å². The number of thioether (sulfide) groups is 1. The number of halogens is 1.